The van der Waals surface area contributed by atoms with Crippen molar-refractivity contribution in [3.05, 3.63) is 51.4 Å². The Bertz CT molecular complexity index is 1120. The van der Waals surface area contributed by atoms with Crippen LogP contribution in [0.1, 0.15) is 31.7 Å². The Balaban J connectivity index is 1.80. The van der Waals surface area contributed by atoms with Crippen LogP contribution in [0.3, 0.4) is 0 Å². The summed E-state index contributed by atoms with van der Waals surface area (Å²) >= 11 is 12.3. The maximum absolute atomic E-state index is 15.6. The largest absolute Gasteiger partial charge is 0.356 e. The van der Waals surface area contributed by atoms with Crippen LogP contribution in [-0.4, -0.2) is 42.6 Å². The van der Waals surface area contributed by atoms with E-state index in [1.54, 1.807) is 25.1 Å². The van der Waals surface area contributed by atoms with Gasteiger partial charge in [-0.05, 0) is 56.5 Å². The van der Waals surface area contributed by atoms with Crippen molar-refractivity contribution < 1.29 is 14.0 Å². The van der Waals surface area contributed by atoms with Crippen molar-refractivity contribution in [2.75, 3.05) is 18.4 Å². The smallest absolute Gasteiger partial charge is 0.250 e. The zero-order valence-corrected chi connectivity index (χ0v) is 19.7. The summed E-state index contributed by atoms with van der Waals surface area (Å²) in [6, 6.07) is 5.05. The number of piperidine rings is 1. The van der Waals surface area contributed by atoms with Gasteiger partial charge in [0.2, 0.25) is 11.8 Å². The van der Waals surface area contributed by atoms with Gasteiger partial charge in [0.25, 0.3) is 0 Å². The van der Waals surface area contributed by atoms with Gasteiger partial charge in [0.05, 0.1) is 5.92 Å². The number of allylic oxidation sites excluding steroid dienone is 2. The molecule has 1 spiro atoms. The Hall–Kier alpha value is -2.22. The lowest BCUT2D eigenvalue weighted by molar-refractivity contribution is -0.128. The lowest BCUT2D eigenvalue weighted by Crippen LogP contribution is -2.54. The standard InChI is InChI=1S/C24H25Cl2FN4O2/c1-3-14(20(27)21(26)28-2)19-18-17(8-9-29-22(18)32)31(11-12-4-5-12)24(19)15-7-6-13(25)10-16(15)30-23(24)33/h3,6-7,10,12,17-19H,2,4-5,8-9,11H2,1H3,(H,29,32)(H,30,33)/b14-3-,21-20+/t17-,18+,19-,24+/m0/s1. The van der Waals surface area contributed by atoms with Crippen LogP contribution >= 0.6 is 23.2 Å². The van der Waals surface area contributed by atoms with E-state index in [2.05, 4.69) is 27.2 Å². The van der Waals surface area contributed by atoms with Crippen LogP contribution in [-0.2, 0) is 15.1 Å². The number of nitrogens with zero attached hydrogens (tertiary/aromatic N) is 2. The molecule has 1 aliphatic carbocycles. The minimum atomic E-state index is -1.27. The van der Waals surface area contributed by atoms with Crippen molar-refractivity contribution in [3.63, 3.8) is 0 Å². The van der Waals surface area contributed by atoms with E-state index in [4.69, 9.17) is 23.2 Å². The van der Waals surface area contributed by atoms with Crippen LogP contribution in [0, 0.1) is 17.8 Å². The van der Waals surface area contributed by atoms with Gasteiger partial charge >= 0.3 is 0 Å². The molecule has 3 fully saturated rings. The summed E-state index contributed by atoms with van der Waals surface area (Å²) in [4.78, 5) is 33.0. The Morgan fingerprint density at radius 3 is 2.79 bits per heavy atom. The number of anilines is 1. The van der Waals surface area contributed by atoms with E-state index in [-0.39, 0.29) is 28.6 Å². The lowest BCUT2D eigenvalue weighted by Gasteiger charge is -2.40. The number of benzene rings is 1. The van der Waals surface area contributed by atoms with Gasteiger partial charge in [-0.25, -0.2) is 9.38 Å². The minimum Gasteiger partial charge on any atom is -0.356 e. The number of carbonyl (C=O) groups is 2. The van der Waals surface area contributed by atoms with Gasteiger partial charge in [0, 0.05) is 41.3 Å². The first-order valence-corrected chi connectivity index (χ1v) is 11.9. The number of fused-ring (bicyclic) bond motifs is 3. The SMILES string of the molecule is C=N/C(Cl)=C(F)\C(=C/C)[C@H]1[C@@H]2C(=O)NCC[C@@H]2N(CC2CC2)[C@@]12C(=O)Nc1cc(Cl)ccc12. The number of nitrogens with one attached hydrogen (secondary N) is 2. The molecule has 3 heterocycles. The fourth-order valence-corrected chi connectivity index (χ4v) is 6.31. The summed E-state index contributed by atoms with van der Waals surface area (Å²) in [5.74, 6) is -2.20. The van der Waals surface area contributed by atoms with E-state index < -0.39 is 23.2 Å². The first kappa shape index (κ1) is 22.6. The predicted molar refractivity (Wildman–Crippen MR) is 127 cm³/mol. The highest BCUT2D eigenvalue weighted by Gasteiger charge is 2.69. The third kappa shape index (κ3) is 3.27. The van der Waals surface area contributed by atoms with E-state index in [0.29, 0.717) is 41.7 Å². The summed E-state index contributed by atoms with van der Waals surface area (Å²) in [6.07, 6.45) is 4.42. The first-order valence-electron chi connectivity index (χ1n) is 11.2. The van der Waals surface area contributed by atoms with E-state index in [1.807, 2.05) is 6.07 Å². The molecular weight excluding hydrogens is 466 g/mol. The van der Waals surface area contributed by atoms with Crippen LogP contribution in [0.5, 0.6) is 0 Å². The molecule has 2 amide bonds. The molecule has 6 nitrogen and oxygen atoms in total. The highest BCUT2D eigenvalue weighted by atomic mass is 35.5. The van der Waals surface area contributed by atoms with E-state index in [0.717, 1.165) is 12.8 Å². The van der Waals surface area contributed by atoms with Crippen LogP contribution in [0.25, 0.3) is 0 Å². The maximum Gasteiger partial charge on any atom is 0.250 e. The minimum absolute atomic E-state index is 0.182. The number of hydrogen-bond donors (Lipinski definition) is 2. The molecule has 4 atom stereocenters. The van der Waals surface area contributed by atoms with E-state index in [1.165, 1.54) is 0 Å². The quantitative estimate of drug-likeness (QED) is 0.365. The third-order valence-electron chi connectivity index (χ3n) is 7.48. The van der Waals surface area contributed by atoms with Gasteiger partial charge in [-0.3, -0.25) is 14.5 Å². The second-order valence-corrected chi connectivity index (χ2v) is 9.96. The molecule has 3 aliphatic heterocycles. The number of hydrogen-bond acceptors (Lipinski definition) is 4. The number of aliphatic imine (C=N–C) groups is 1. The number of likely N-dealkylation sites (tertiary alicyclic amines) is 1. The Kier molecular flexibility index (Phi) is 5.62. The van der Waals surface area contributed by atoms with Gasteiger partial charge in [-0.1, -0.05) is 35.3 Å². The van der Waals surface area contributed by atoms with Gasteiger partial charge in [0.15, 0.2) is 11.0 Å². The molecule has 0 aromatic heterocycles. The molecule has 1 aromatic carbocycles. The van der Waals surface area contributed by atoms with Crippen molar-refractivity contribution in [1.29, 1.82) is 0 Å². The molecule has 1 saturated carbocycles. The highest BCUT2D eigenvalue weighted by Crippen LogP contribution is 2.60. The van der Waals surface area contributed by atoms with Crippen molar-refractivity contribution in [1.82, 2.24) is 10.2 Å². The molecule has 2 N–H and O–H groups in total. The Morgan fingerprint density at radius 1 is 1.36 bits per heavy atom. The molecule has 0 radical (unpaired) electrons. The predicted octanol–water partition coefficient (Wildman–Crippen LogP) is 4.36. The molecule has 0 bridgehead atoms. The molecule has 0 unspecified atom stereocenters. The van der Waals surface area contributed by atoms with Crippen LogP contribution in [0.2, 0.25) is 5.02 Å². The highest BCUT2D eigenvalue weighted by molar-refractivity contribution is 6.31. The number of carbonyl (C=O) groups excluding carboxylic acids is 2. The van der Waals surface area contributed by atoms with Crippen molar-refractivity contribution in [3.8, 4) is 0 Å². The van der Waals surface area contributed by atoms with Crippen LogP contribution in [0.15, 0.2) is 45.8 Å². The molecule has 2 saturated heterocycles. The molecule has 33 heavy (non-hydrogen) atoms. The molecule has 5 rings (SSSR count). The summed E-state index contributed by atoms with van der Waals surface area (Å²) in [5.41, 5.74) is 0.220. The summed E-state index contributed by atoms with van der Waals surface area (Å²) in [5, 5.41) is 6.01. The van der Waals surface area contributed by atoms with Gasteiger partial charge in [-0.2, -0.15) is 0 Å². The lowest BCUT2D eigenvalue weighted by atomic mass is 9.69. The van der Waals surface area contributed by atoms with Gasteiger partial charge < -0.3 is 10.6 Å². The average molecular weight is 491 g/mol. The Labute approximate surface area is 201 Å². The molecule has 4 aliphatic rings. The maximum atomic E-state index is 15.6. The number of rotatable bonds is 5. The van der Waals surface area contributed by atoms with E-state index in [9.17, 15) is 9.59 Å². The molecule has 1 aromatic rings. The summed E-state index contributed by atoms with van der Waals surface area (Å²) in [7, 11) is 0. The molecule has 9 heteroatoms. The van der Waals surface area contributed by atoms with Crippen LogP contribution in [0.4, 0.5) is 10.1 Å². The van der Waals surface area contributed by atoms with Crippen molar-refractivity contribution in [2.24, 2.45) is 22.7 Å². The zero-order valence-electron chi connectivity index (χ0n) is 18.2. The Morgan fingerprint density at radius 2 is 2.12 bits per heavy atom. The normalized spacial score (nSPS) is 32.2. The number of amides is 2. The second kappa shape index (κ2) is 8.22. The fraction of sp³-hybridized carbons (Fsp3) is 0.458. The second-order valence-electron chi connectivity index (χ2n) is 9.16. The van der Waals surface area contributed by atoms with Gasteiger partial charge in [-0.15, -0.1) is 0 Å². The van der Waals surface area contributed by atoms with Crippen molar-refractivity contribution in [2.45, 2.75) is 37.8 Å². The van der Waals surface area contributed by atoms with Gasteiger partial charge in [0.1, 0.15) is 5.54 Å². The summed E-state index contributed by atoms with van der Waals surface area (Å²) in [6.45, 7) is 6.20. The topological polar surface area (TPSA) is 73.8 Å². The third-order valence-corrected chi connectivity index (χ3v) is 8.00. The fourth-order valence-electron chi connectivity index (χ4n) is 6.03. The van der Waals surface area contributed by atoms with Crippen LogP contribution < -0.4 is 10.6 Å². The van der Waals surface area contributed by atoms with Crippen molar-refractivity contribution >= 4 is 47.4 Å². The zero-order chi connectivity index (χ0) is 23.5. The summed E-state index contributed by atoms with van der Waals surface area (Å²) < 4.78 is 15.6. The molecular formula is C24H25Cl2FN4O2. The monoisotopic (exact) mass is 490 g/mol. The molecule has 174 valence electrons. The number of halogens is 3. The van der Waals surface area contributed by atoms with E-state index >= 15 is 4.39 Å². The average Bonchev–Trinajstić information content (AvgIpc) is 3.51. The first-order chi connectivity index (χ1) is 15.8.